The minimum absolute atomic E-state index is 0.0544. The van der Waals surface area contributed by atoms with Crippen LogP contribution in [0.25, 0.3) is 0 Å². The van der Waals surface area contributed by atoms with Crippen molar-refractivity contribution in [3.8, 4) is 0 Å². The zero-order valence-electron chi connectivity index (χ0n) is 9.49. The number of benzene rings is 1. The zero-order valence-corrected chi connectivity index (χ0v) is 10.3. The molecule has 1 heterocycles. The summed E-state index contributed by atoms with van der Waals surface area (Å²) in [6, 6.07) is 7.05. The molecular weight excluding hydrogens is 254 g/mol. The smallest absolute Gasteiger partial charge is 0.343 e. The molecule has 0 aliphatic carbocycles. The summed E-state index contributed by atoms with van der Waals surface area (Å²) in [5.74, 6) is 0.0544. The summed E-state index contributed by atoms with van der Waals surface area (Å²) in [6.07, 6.45) is 0. The van der Waals surface area contributed by atoms with Gasteiger partial charge < -0.3 is 10.9 Å². The highest BCUT2D eigenvalue weighted by Crippen LogP contribution is 2.24. The maximum Gasteiger partial charge on any atom is 0.343 e. The first kappa shape index (κ1) is 12.2. The fourth-order valence-corrected chi connectivity index (χ4v) is 2.07. The average Bonchev–Trinajstić information content (AvgIpc) is 2.71. The predicted molar refractivity (Wildman–Crippen MR) is 66.9 cm³/mol. The van der Waals surface area contributed by atoms with Gasteiger partial charge in [-0.3, -0.25) is 4.57 Å². The van der Waals surface area contributed by atoms with Gasteiger partial charge in [-0.1, -0.05) is 17.3 Å². The molecule has 0 atom stereocenters. The van der Waals surface area contributed by atoms with E-state index in [0.717, 1.165) is 4.90 Å². The van der Waals surface area contributed by atoms with Crippen LogP contribution in [-0.2, 0) is 7.05 Å². The van der Waals surface area contributed by atoms with E-state index < -0.39 is 0 Å². The molecule has 94 valence electrons. The number of nitrogens with one attached hydrogen (secondary N) is 1. The van der Waals surface area contributed by atoms with E-state index in [1.165, 1.54) is 16.3 Å². The second kappa shape index (κ2) is 4.96. The molecule has 4 N–H and O–H groups in total. The van der Waals surface area contributed by atoms with Crippen molar-refractivity contribution in [1.29, 1.82) is 0 Å². The van der Waals surface area contributed by atoms with Gasteiger partial charge in [0.05, 0.1) is 0 Å². The standard InChI is InChI=1S/C10H11N5O2S/c1-15-9(16)12-13-10(15)18-7-4-2-6(3-5-7)8(11)14-17/h2-5,17H,1H3,(H2,11,14)(H,12,16). The summed E-state index contributed by atoms with van der Waals surface area (Å²) >= 11 is 1.34. The van der Waals surface area contributed by atoms with E-state index in [1.54, 1.807) is 31.3 Å². The van der Waals surface area contributed by atoms with Gasteiger partial charge in [-0.2, -0.15) is 0 Å². The van der Waals surface area contributed by atoms with E-state index in [2.05, 4.69) is 15.4 Å². The van der Waals surface area contributed by atoms with Gasteiger partial charge >= 0.3 is 5.69 Å². The Morgan fingerprint density at radius 3 is 2.67 bits per heavy atom. The van der Waals surface area contributed by atoms with Crippen LogP contribution in [-0.4, -0.2) is 25.8 Å². The molecule has 2 rings (SSSR count). The van der Waals surface area contributed by atoms with E-state index in [-0.39, 0.29) is 11.5 Å². The number of aromatic amines is 1. The lowest BCUT2D eigenvalue weighted by Gasteiger charge is -2.02. The SMILES string of the molecule is Cn1c(Sc2ccc(C(N)=NO)cc2)n[nH]c1=O. The summed E-state index contributed by atoms with van der Waals surface area (Å²) in [5.41, 5.74) is 5.82. The first-order valence-electron chi connectivity index (χ1n) is 4.99. The van der Waals surface area contributed by atoms with Gasteiger partial charge in [0, 0.05) is 17.5 Å². The van der Waals surface area contributed by atoms with E-state index in [4.69, 9.17) is 10.9 Å². The lowest BCUT2D eigenvalue weighted by Crippen LogP contribution is -2.13. The fourth-order valence-electron chi connectivity index (χ4n) is 1.28. The van der Waals surface area contributed by atoms with Crippen molar-refractivity contribution < 1.29 is 5.21 Å². The Kier molecular flexibility index (Phi) is 3.38. The summed E-state index contributed by atoms with van der Waals surface area (Å²) in [6.45, 7) is 0. The number of nitrogens with two attached hydrogens (primary N) is 1. The van der Waals surface area contributed by atoms with E-state index >= 15 is 0 Å². The molecule has 0 radical (unpaired) electrons. The first-order chi connectivity index (χ1) is 8.61. The number of oxime groups is 1. The number of H-pyrrole nitrogens is 1. The van der Waals surface area contributed by atoms with Gasteiger partial charge in [0.25, 0.3) is 0 Å². The zero-order chi connectivity index (χ0) is 13.1. The molecule has 0 spiro atoms. The number of nitrogens with zero attached hydrogens (tertiary/aromatic N) is 3. The Morgan fingerprint density at radius 2 is 2.17 bits per heavy atom. The van der Waals surface area contributed by atoms with Crippen LogP contribution in [0, 0.1) is 0 Å². The maximum absolute atomic E-state index is 11.2. The average molecular weight is 265 g/mol. The van der Waals surface area contributed by atoms with Crippen molar-refractivity contribution in [2.45, 2.75) is 10.1 Å². The molecule has 7 nitrogen and oxygen atoms in total. The van der Waals surface area contributed by atoms with Crippen molar-refractivity contribution in [1.82, 2.24) is 14.8 Å². The van der Waals surface area contributed by atoms with Crippen molar-refractivity contribution in [3.05, 3.63) is 40.3 Å². The van der Waals surface area contributed by atoms with Crippen LogP contribution in [0.1, 0.15) is 5.56 Å². The summed E-state index contributed by atoms with van der Waals surface area (Å²) < 4.78 is 1.42. The van der Waals surface area contributed by atoms with E-state index in [0.29, 0.717) is 10.7 Å². The van der Waals surface area contributed by atoms with Crippen molar-refractivity contribution in [2.75, 3.05) is 0 Å². The molecule has 2 aromatic rings. The van der Waals surface area contributed by atoms with Crippen LogP contribution >= 0.6 is 11.8 Å². The van der Waals surface area contributed by atoms with Crippen LogP contribution in [0.15, 0.2) is 44.3 Å². The van der Waals surface area contributed by atoms with Crippen LogP contribution in [0.5, 0.6) is 0 Å². The molecule has 0 saturated carbocycles. The monoisotopic (exact) mass is 265 g/mol. The number of hydrogen-bond donors (Lipinski definition) is 3. The van der Waals surface area contributed by atoms with Crippen LogP contribution in [0.4, 0.5) is 0 Å². The molecule has 0 aliphatic rings. The Labute approximate surface area is 106 Å². The van der Waals surface area contributed by atoms with Gasteiger partial charge in [0.1, 0.15) is 0 Å². The third kappa shape index (κ3) is 2.38. The third-order valence-corrected chi connectivity index (χ3v) is 3.36. The van der Waals surface area contributed by atoms with Crippen LogP contribution < -0.4 is 11.4 Å². The number of amidine groups is 1. The van der Waals surface area contributed by atoms with Gasteiger partial charge in [-0.15, -0.1) is 5.10 Å². The highest BCUT2D eigenvalue weighted by Gasteiger charge is 2.06. The van der Waals surface area contributed by atoms with Crippen molar-refractivity contribution in [2.24, 2.45) is 17.9 Å². The van der Waals surface area contributed by atoms with Gasteiger partial charge in [-0.25, -0.2) is 9.89 Å². The molecule has 18 heavy (non-hydrogen) atoms. The normalized spacial score (nSPS) is 11.7. The molecule has 1 aromatic heterocycles. The molecule has 0 saturated heterocycles. The summed E-state index contributed by atoms with van der Waals surface area (Å²) in [7, 11) is 1.64. The minimum atomic E-state index is -0.259. The van der Waals surface area contributed by atoms with Crippen LogP contribution in [0.3, 0.4) is 0 Å². The van der Waals surface area contributed by atoms with Crippen molar-refractivity contribution in [3.63, 3.8) is 0 Å². The fraction of sp³-hybridized carbons (Fsp3) is 0.100. The lowest BCUT2D eigenvalue weighted by molar-refractivity contribution is 0.318. The second-order valence-electron chi connectivity index (χ2n) is 3.48. The summed E-state index contributed by atoms with van der Waals surface area (Å²) in [5, 5.41) is 18.3. The first-order valence-corrected chi connectivity index (χ1v) is 5.80. The second-order valence-corrected chi connectivity index (χ2v) is 4.52. The molecule has 0 amide bonds. The molecule has 0 unspecified atom stereocenters. The molecule has 1 aromatic carbocycles. The van der Waals surface area contributed by atoms with E-state index in [9.17, 15) is 4.79 Å². The number of rotatable bonds is 3. The number of hydrogen-bond acceptors (Lipinski definition) is 5. The van der Waals surface area contributed by atoms with Crippen molar-refractivity contribution >= 4 is 17.6 Å². The molecular formula is C10H11N5O2S. The Hall–Kier alpha value is -2.22. The summed E-state index contributed by atoms with van der Waals surface area (Å²) in [4.78, 5) is 12.1. The maximum atomic E-state index is 11.2. The highest BCUT2D eigenvalue weighted by atomic mass is 32.2. The molecule has 0 bridgehead atoms. The highest BCUT2D eigenvalue weighted by molar-refractivity contribution is 7.99. The number of aromatic nitrogens is 3. The van der Waals surface area contributed by atoms with Crippen LogP contribution in [0.2, 0.25) is 0 Å². The predicted octanol–water partition coefficient (Wildman–Crippen LogP) is 0.354. The molecule has 0 aliphatic heterocycles. The topological polar surface area (TPSA) is 109 Å². The van der Waals surface area contributed by atoms with Gasteiger partial charge in [-0.05, 0) is 23.9 Å². The van der Waals surface area contributed by atoms with E-state index in [1.807, 2.05) is 0 Å². The quantitative estimate of drug-likeness (QED) is 0.321. The lowest BCUT2D eigenvalue weighted by atomic mass is 10.2. The van der Waals surface area contributed by atoms with Gasteiger partial charge in [0.15, 0.2) is 11.0 Å². The molecule has 8 heteroatoms. The largest absolute Gasteiger partial charge is 0.409 e. The Balaban J connectivity index is 2.21. The Bertz CT molecular complexity index is 628. The minimum Gasteiger partial charge on any atom is -0.409 e. The Morgan fingerprint density at radius 1 is 1.50 bits per heavy atom. The molecule has 0 fully saturated rings. The third-order valence-electron chi connectivity index (χ3n) is 2.31. The van der Waals surface area contributed by atoms with Gasteiger partial charge in [0.2, 0.25) is 0 Å².